The van der Waals surface area contributed by atoms with Crippen molar-refractivity contribution in [2.45, 2.75) is 19.2 Å². The highest BCUT2D eigenvalue weighted by molar-refractivity contribution is 6.17. The van der Waals surface area contributed by atoms with E-state index < -0.39 is 12.1 Å². The number of aromatic nitrogens is 1. The topological polar surface area (TPSA) is 30.0 Å². The van der Waals surface area contributed by atoms with E-state index in [2.05, 4.69) is 4.98 Å². The lowest BCUT2D eigenvalue weighted by atomic mass is 10.1. The van der Waals surface area contributed by atoms with Crippen LogP contribution in [0.4, 0.5) is 8.78 Å². The molecule has 2 nitrogen and oxygen atoms in total. The molecule has 0 saturated carbocycles. The Morgan fingerprint density at radius 3 is 2.71 bits per heavy atom. The number of pyridine rings is 1. The van der Waals surface area contributed by atoms with Crippen LogP contribution in [0.1, 0.15) is 33.7 Å². The minimum atomic E-state index is -2.68. The molecule has 0 aliphatic heterocycles. The zero-order valence-electron chi connectivity index (χ0n) is 7.43. The second-order valence-corrected chi connectivity index (χ2v) is 3.03. The average Bonchev–Trinajstić information content (AvgIpc) is 2.17. The van der Waals surface area contributed by atoms with Gasteiger partial charge in [-0.1, -0.05) is 0 Å². The summed E-state index contributed by atoms with van der Waals surface area (Å²) in [6, 6.07) is 1.09. The summed E-state index contributed by atoms with van der Waals surface area (Å²) in [5, 5.41) is 0. The van der Waals surface area contributed by atoms with Gasteiger partial charge in [-0.2, -0.15) is 0 Å². The first-order valence-corrected chi connectivity index (χ1v) is 4.43. The first kappa shape index (κ1) is 11.0. The van der Waals surface area contributed by atoms with Crippen LogP contribution in [0.3, 0.4) is 0 Å². The summed E-state index contributed by atoms with van der Waals surface area (Å²) in [4.78, 5) is 14.2. The molecule has 1 heterocycles. The lowest BCUT2D eigenvalue weighted by molar-refractivity contribution is 0.112. The number of halogens is 3. The van der Waals surface area contributed by atoms with Crippen LogP contribution in [0.15, 0.2) is 6.07 Å². The fourth-order valence-corrected chi connectivity index (χ4v) is 1.33. The highest BCUT2D eigenvalue weighted by Crippen LogP contribution is 2.21. The van der Waals surface area contributed by atoms with E-state index >= 15 is 0 Å². The van der Waals surface area contributed by atoms with Gasteiger partial charge in [0.15, 0.2) is 0 Å². The molecule has 1 aromatic heterocycles. The number of carbonyl (C=O) groups excluding carboxylic acids is 1. The molecular formula is C9H8ClF2NO. The molecule has 76 valence electrons. The van der Waals surface area contributed by atoms with E-state index in [1.165, 1.54) is 0 Å². The van der Waals surface area contributed by atoms with E-state index in [0.717, 1.165) is 6.07 Å². The Kier molecular flexibility index (Phi) is 3.52. The summed E-state index contributed by atoms with van der Waals surface area (Å²) in [5.41, 5.74) is 0.685. The van der Waals surface area contributed by atoms with Crippen LogP contribution in [0.25, 0.3) is 0 Å². The molecule has 0 N–H and O–H groups in total. The largest absolute Gasteiger partial charge is 0.298 e. The third-order valence-electron chi connectivity index (χ3n) is 1.91. The fourth-order valence-electron chi connectivity index (χ4n) is 1.07. The Balaban J connectivity index is 3.31. The maximum Gasteiger partial charge on any atom is 0.280 e. The van der Waals surface area contributed by atoms with E-state index in [0.29, 0.717) is 17.5 Å². The van der Waals surface area contributed by atoms with Gasteiger partial charge in [-0.3, -0.25) is 9.78 Å². The standard InChI is InChI=1S/C9H8ClF2NO/c1-5-6(4-14)2-7(9(11)12)13-8(5)3-10/h2,4,9H,3H2,1H3. The second kappa shape index (κ2) is 4.46. The summed E-state index contributed by atoms with van der Waals surface area (Å²) < 4.78 is 24.6. The van der Waals surface area contributed by atoms with E-state index in [9.17, 15) is 13.6 Å². The summed E-state index contributed by atoms with van der Waals surface area (Å²) >= 11 is 5.51. The van der Waals surface area contributed by atoms with Gasteiger partial charge in [0.2, 0.25) is 0 Å². The molecule has 0 unspecified atom stereocenters. The SMILES string of the molecule is Cc1c(C=O)cc(C(F)F)nc1CCl. The molecule has 0 aliphatic rings. The maximum absolute atomic E-state index is 12.3. The molecule has 0 amide bonds. The van der Waals surface area contributed by atoms with Gasteiger partial charge in [0.05, 0.1) is 11.6 Å². The molecule has 0 aliphatic carbocycles. The molecule has 5 heteroatoms. The number of aldehydes is 1. The Hall–Kier alpha value is -1.03. The second-order valence-electron chi connectivity index (χ2n) is 2.76. The van der Waals surface area contributed by atoms with E-state index in [-0.39, 0.29) is 11.4 Å². The van der Waals surface area contributed by atoms with Gasteiger partial charge in [-0.25, -0.2) is 8.78 Å². The van der Waals surface area contributed by atoms with Gasteiger partial charge in [0.25, 0.3) is 6.43 Å². The lowest BCUT2D eigenvalue weighted by Crippen LogP contribution is -2.01. The van der Waals surface area contributed by atoms with Crippen LogP contribution in [0.5, 0.6) is 0 Å². The van der Waals surface area contributed by atoms with Gasteiger partial charge in [0.1, 0.15) is 12.0 Å². The monoisotopic (exact) mass is 219 g/mol. The number of carbonyl (C=O) groups is 1. The molecule has 0 radical (unpaired) electrons. The molecule has 1 aromatic rings. The minimum absolute atomic E-state index is 0.0211. The van der Waals surface area contributed by atoms with Gasteiger partial charge >= 0.3 is 0 Å². The number of nitrogens with zero attached hydrogens (tertiary/aromatic N) is 1. The van der Waals surface area contributed by atoms with Crippen molar-refractivity contribution < 1.29 is 13.6 Å². The van der Waals surface area contributed by atoms with Crippen LogP contribution in [0, 0.1) is 6.92 Å². The van der Waals surface area contributed by atoms with Gasteiger partial charge in [-0.05, 0) is 18.6 Å². The average molecular weight is 220 g/mol. The maximum atomic E-state index is 12.3. The first-order chi connectivity index (χ1) is 6.60. The highest BCUT2D eigenvalue weighted by atomic mass is 35.5. The van der Waals surface area contributed by atoms with E-state index in [1.54, 1.807) is 6.92 Å². The molecule has 0 bridgehead atoms. The van der Waals surface area contributed by atoms with Crippen LogP contribution in [-0.2, 0) is 5.88 Å². The molecule has 0 spiro atoms. The van der Waals surface area contributed by atoms with Gasteiger partial charge < -0.3 is 0 Å². The molecular weight excluding hydrogens is 212 g/mol. The Morgan fingerprint density at radius 1 is 1.64 bits per heavy atom. The van der Waals surface area contributed by atoms with Crippen molar-refractivity contribution >= 4 is 17.9 Å². The summed E-state index contributed by atoms with van der Waals surface area (Å²) in [6.07, 6.45) is -2.16. The summed E-state index contributed by atoms with van der Waals surface area (Å²) in [7, 11) is 0. The van der Waals surface area contributed by atoms with Crippen molar-refractivity contribution in [3.63, 3.8) is 0 Å². The number of alkyl halides is 3. The quantitative estimate of drug-likeness (QED) is 0.578. The molecule has 1 rings (SSSR count). The normalized spacial score (nSPS) is 10.6. The van der Waals surface area contributed by atoms with Gasteiger partial charge in [0, 0.05) is 5.56 Å². The molecule has 0 saturated heterocycles. The van der Waals surface area contributed by atoms with Crippen molar-refractivity contribution in [2.24, 2.45) is 0 Å². The number of rotatable bonds is 3. The Morgan fingerprint density at radius 2 is 2.29 bits per heavy atom. The van der Waals surface area contributed by atoms with Crippen LogP contribution in [0.2, 0.25) is 0 Å². The van der Waals surface area contributed by atoms with Crippen molar-refractivity contribution in [3.8, 4) is 0 Å². The van der Waals surface area contributed by atoms with Crippen molar-refractivity contribution in [3.05, 3.63) is 28.6 Å². The number of hydrogen-bond acceptors (Lipinski definition) is 2. The van der Waals surface area contributed by atoms with Crippen LogP contribution >= 0.6 is 11.6 Å². The van der Waals surface area contributed by atoms with Crippen molar-refractivity contribution in [1.29, 1.82) is 0 Å². The fraction of sp³-hybridized carbons (Fsp3) is 0.333. The predicted octanol–water partition coefficient (Wildman–Crippen LogP) is 2.88. The third kappa shape index (κ3) is 2.07. The number of hydrogen-bond donors (Lipinski definition) is 0. The zero-order valence-corrected chi connectivity index (χ0v) is 8.18. The molecule has 0 aromatic carbocycles. The molecule has 14 heavy (non-hydrogen) atoms. The summed E-state index contributed by atoms with van der Waals surface area (Å²) in [5.74, 6) is 0.0211. The van der Waals surface area contributed by atoms with E-state index in [4.69, 9.17) is 11.6 Å². The molecule has 0 fully saturated rings. The van der Waals surface area contributed by atoms with Crippen molar-refractivity contribution in [2.75, 3.05) is 0 Å². The van der Waals surface area contributed by atoms with Crippen LogP contribution < -0.4 is 0 Å². The van der Waals surface area contributed by atoms with Crippen LogP contribution in [-0.4, -0.2) is 11.3 Å². The highest BCUT2D eigenvalue weighted by Gasteiger charge is 2.14. The Bertz CT molecular complexity index is 355. The van der Waals surface area contributed by atoms with E-state index in [1.807, 2.05) is 0 Å². The van der Waals surface area contributed by atoms with Gasteiger partial charge in [-0.15, -0.1) is 11.6 Å². The third-order valence-corrected chi connectivity index (χ3v) is 2.16. The van der Waals surface area contributed by atoms with Crippen molar-refractivity contribution in [1.82, 2.24) is 4.98 Å². The Labute approximate surface area is 84.9 Å². The predicted molar refractivity (Wildman–Crippen MR) is 48.9 cm³/mol. The minimum Gasteiger partial charge on any atom is -0.298 e. The lowest BCUT2D eigenvalue weighted by Gasteiger charge is -2.07. The molecule has 0 atom stereocenters. The smallest absolute Gasteiger partial charge is 0.280 e. The zero-order chi connectivity index (χ0) is 10.7. The summed E-state index contributed by atoms with van der Waals surface area (Å²) in [6.45, 7) is 1.63. The first-order valence-electron chi connectivity index (χ1n) is 3.89.